The van der Waals surface area contributed by atoms with Crippen molar-refractivity contribution in [2.45, 2.75) is 85.2 Å². The molecular weight excluding hydrogens is 464 g/mol. The fraction of sp³-hybridized carbons (Fsp3) is 0.560. The fourth-order valence-electron chi connectivity index (χ4n) is 4.68. The molecular formula is C25H32N6O3S. The van der Waals surface area contributed by atoms with Gasteiger partial charge in [0, 0.05) is 30.8 Å². The van der Waals surface area contributed by atoms with Gasteiger partial charge in [-0.3, -0.25) is 19.1 Å². The molecule has 0 saturated heterocycles. The summed E-state index contributed by atoms with van der Waals surface area (Å²) in [5.74, 6) is 0.655. The number of hydrogen-bond acceptors (Lipinski definition) is 6. The minimum atomic E-state index is -0.458. The Morgan fingerprint density at radius 3 is 2.74 bits per heavy atom. The molecule has 4 rings (SSSR count). The number of nitriles is 1. The Morgan fingerprint density at radius 1 is 1.26 bits per heavy atom. The highest BCUT2D eigenvalue weighted by atomic mass is 32.1. The summed E-state index contributed by atoms with van der Waals surface area (Å²) in [7, 11) is 0. The van der Waals surface area contributed by atoms with E-state index in [9.17, 15) is 19.6 Å². The molecule has 3 aromatic heterocycles. The van der Waals surface area contributed by atoms with Crippen molar-refractivity contribution < 1.29 is 4.79 Å². The molecule has 9 nitrogen and oxygen atoms in total. The van der Waals surface area contributed by atoms with E-state index in [1.54, 1.807) is 0 Å². The van der Waals surface area contributed by atoms with Crippen LogP contribution < -0.4 is 16.6 Å². The molecule has 3 heterocycles. The van der Waals surface area contributed by atoms with E-state index < -0.39 is 11.2 Å². The van der Waals surface area contributed by atoms with Crippen LogP contribution in [0.1, 0.15) is 74.7 Å². The minimum absolute atomic E-state index is 0.159. The minimum Gasteiger partial charge on any atom is -0.322 e. The molecule has 186 valence electrons. The number of H-pyrrole nitrogens is 1. The van der Waals surface area contributed by atoms with Crippen LogP contribution in [-0.4, -0.2) is 25.0 Å². The smallest absolute Gasteiger partial charge is 0.322 e. The highest BCUT2D eigenvalue weighted by Crippen LogP contribution is 2.37. The average Bonchev–Trinajstić information content (AvgIpc) is 3.34. The third kappa shape index (κ3) is 5.10. The summed E-state index contributed by atoms with van der Waals surface area (Å²) < 4.78 is 3.37. The van der Waals surface area contributed by atoms with Gasteiger partial charge in [0.1, 0.15) is 16.9 Å². The van der Waals surface area contributed by atoms with Crippen LogP contribution in [-0.2, 0) is 37.1 Å². The summed E-state index contributed by atoms with van der Waals surface area (Å²) in [5, 5.41) is 13.2. The molecule has 0 aromatic carbocycles. The Balaban J connectivity index is 1.61. The lowest BCUT2D eigenvalue weighted by molar-refractivity contribution is -0.116. The lowest BCUT2D eigenvalue weighted by Gasteiger charge is -2.11. The number of hydrogen-bond donors (Lipinski definition) is 2. The molecule has 1 aliphatic carbocycles. The van der Waals surface area contributed by atoms with E-state index in [2.05, 4.69) is 21.4 Å². The molecule has 35 heavy (non-hydrogen) atoms. The van der Waals surface area contributed by atoms with E-state index in [1.165, 1.54) is 20.8 Å². The van der Waals surface area contributed by atoms with Crippen LogP contribution in [0, 0.1) is 17.2 Å². The number of unbranched alkanes of at least 4 members (excludes halogenated alkanes) is 1. The van der Waals surface area contributed by atoms with Crippen molar-refractivity contribution in [1.82, 2.24) is 19.1 Å². The number of thiophene rings is 1. The van der Waals surface area contributed by atoms with Crippen LogP contribution >= 0.6 is 11.3 Å². The van der Waals surface area contributed by atoms with Crippen molar-refractivity contribution >= 4 is 33.4 Å². The van der Waals surface area contributed by atoms with Crippen molar-refractivity contribution in [2.75, 3.05) is 5.32 Å². The molecule has 0 fully saturated rings. The van der Waals surface area contributed by atoms with Crippen LogP contribution in [0.3, 0.4) is 0 Å². The maximum atomic E-state index is 12.9. The van der Waals surface area contributed by atoms with E-state index in [0.717, 1.165) is 44.1 Å². The number of aromatic nitrogens is 4. The predicted octanol–water partition coefficient (Wildman–Crippen LogP) is 3.73. The number of anilines is 1. The first-order chi connectivity index (χ1) is 16.8. The molecule has 0 aliphatic heterocycles. The van der Waals surface area contributed by atoms with Gasteiger partial charge in [0.25, 0.3) is 5.56 Å². The molecule has 1 amide bonds. The number of imidazole rings is 1. The quantitative estimate of drug-likeness (QED) is 0.467. The number of amides is 1. The number of carbonyl (C=O) groups is 1. The van der Waals surface area contributed by atoms with Crippen LogP contribution in [0.5, 0.6) is 0 Å². The molecule has 0 saturated carbocycles. The normalized spacial score (nSPS) is 13.2. The van der Waals surface area contributed by atoms with Crippen LogP contribution in [0.2, 0.25) is 0 Å². The van der Waals surface area contributed by atoms with Gasteiger partial charge >= 0.3 is 5.69 Å². The number of nitrogens with one attached hydrogen (secondary N) is 2. The summed E-state index contributed by atoms with van der Waals surface area (Å²) in [5.41, 5.74) is 1.52. The second-order valence-corrected chi connectivity index (χ2v) is 10.6. The zero-order chi connectivity index (χ0) is 25.1. The van der Waals surface area contributed by atoms with Gasteiger partial charge in [-0.25, -0.2) is 9.78 Å². The predicted molar refractivity (Wildman–Crippen MR) is 137 cm³/mol. The van der Waals surface area contributed by atoms with Gasteiger partial charge in [-0.15, -0.1) is 11.3 Å². The van der Waals surface area contributed by atoms with Gasteiger partial charge < -0.3 is 9.88 Å². The first-order valence-electron chi connectivity index (χ1n) is 12.4. The standard InChI is InChI=1S/C25H32N6O3S/c1-4-5-12-30-22-21(23(33)29-25(30)34)31(14-15(2)3)19(27-22)10-11-20(32)28-24-17(13-26)16-8-6-7-9-18(16)35-24/h15H,4-12,14H2,1-3H3,(H,28,32)(H,29,33,34). The van der Waals surface area contributed by atoms with Crippen molar-refractivity contribution in [1.29, 1.82) is 5.26 Å². The fourth-order valence-corrected chi connectivity index (χ4v) is 5.94. The maximum absolute atomic E-state index is 12.9. The van der Waals surface area contributed by atoms with Gasteiger partial charge in [0.2, 0.25) is 5.91 Å². The number of fused-ring (bicyclic) bond motifs is 2. The lowest BCUT2D eigenvalue weighted by Crippen LogP contribution is -2.31. The number of nitrogens with zero attached hydrogens (tertiary/aromatic N) is 4. The van der Waals surface area contributed by atoms with Gasteiger partial charge in [0.05, 0.1) is 5.56 Å². The molecule has 2 N–H and O–H groups in total. The largest absolute Gasteiger partial charge is 0.330 e. The van der Waals surface area contributed by atoms with E-state index in [4.69, 9.17) is 0 Å². The van der Waals surface area contributed by atoms with Crippen molar-refractivity contribution in [3.05, 3.63) is 42.7 Å². The Bertz CT molecular complexity index is 1400. The molecule has 0 bridgehead atoms. The number of carbonyl (C=O) groups excluding carboxylic acids is 1. The van der Waals surface area contributed by atoms with E-state index in [0.29, 0.717) is 47.1 Å². The van der Waals surface area contributed by atoms with Gasteiger partial charge in [-0.1, -0.05) is 27.2 Å². The Morgan fingerprint density at radius 2 is 2.03 bits per heavy atom. The third-order valence-corrected chi connectivity index (χ3v) is 7.57. The van der Waals surface area contributed by atoms with Crippen molar-refractivity contribution in [3.63, 3.8) is 0 Å². The number of aryl methyl sites for hydroxylation is 3. The van der Waals surface area contributed by atoms with Crippen LogP contribution in [0.25, 0.3) is 11.2 Å². The Labute approximate surface area is 207 Å². The highest BCUT2D eigenvalue weighted by molar-refractivity contribution is 7.16. The lowest BCUT2D eigenvalue weighted by atomic mass is 9.96. The summed E-state index contributed by atoms with van der Waals surface area (Å²) in [6.07, 6.45) is 6.20. The van der Waals surface area contributed by atoms with Gasteiger partial charge in [-0.05, 0) is 43.6 Å². The van der Waals surface area contributed by atoms with E-state index in [-0.39, 0.29) is 18.2 Å². The Hall–Kier alpha value is -3.19. The number of aromatic amines is 1. The molecule has 10 heteroatoms. The molecule has 0 unspecified atom stereocenters. The number of rotatable bonds is 9. The summed E-state index contributed by atoms with van der Waals surface area (Å²) in [4.78, 5) is 46.4. The third-order valence-electron chi connectivity index (χ3n) is 6.36. The monoisotopic (exact) mass is 496 g/mol. The van der Waals surface area contributed by atoms with Crippen LogP contribution in [0.15, 0.2) is 9.59 Å². The first kappa shape index (κ1) is 24.9. The SMILES string of the molecule is CCCCn1c(=O)[nH]c(=O)c2c1nc(CCC(=O)Nc1sc3c(c1C#N)CCCC3)n2CC(C)C. The highest BCUT2D eigenvalue weighted by Gasteiger charge is 2.23. The van der Waals surface area contributed by atoms with E-state index >= 15 is 0 Å². The second kappa shape index (κ2) is 10.6. The van der Waals surface area contributed by atoms with E-state index in [1.807, 2.05) is 25.3 Å². The summed E-state index contributed by atoms with van der Waals surface area (Å²) >= 11 is 1.51. The van der Waals surface area contributed by atoms with Crippen molar-refractivity contribution in [3.8, 4) is 6.07 Å². The Kier molecular flexibility index (Phi) is 7.55. The molecule has 1 aliphatic rings. The summed E-state index contributed by atoms with van der Waals surface area (Å²) in [6.45, 7) is 7.16. The topological polar surface area (TPSA) is 126 Å². The maximum Gasteiger partial charge on any atom is 0.330 e. The second-order valence-electron chi connectivity index (χ2n) is 9.54. The molecule has 0 atom stereocenters. The molecule has 0 radical (unpaired) electrons. The zero-order valence-electron chi connectivity index (χ0n) is 20.6. The zero-order valence-corrected chi connectivity index (χ0v) is 21.4. The average molecular weight is 497 g/mol. The van der Waals surface area contributed by atoms with Crippen LogP contribution in [0.4, 0.5) is 5.00 Å². The van der Waals surface area contributed by atoms with Crippen molar-refractivity contribution in [2.24, 2.45) is 5.92 Å². The van der Waals surface area contributed by atoms with Gasteiger partial charge in [0.15, 0.2) is 11.2 Å². The molecule has 0 spiro atoms. The summed E-state index contributed by atoms with van der Waals surface area (Å²) in [6, 6.07) is 2.27. The first-order valence-corrected chi connectivity index (χ1v) is 13.2. The van der Waals surface area contributed by atoms with Gasteiger partial charge in [-0.2, -0.15) is 5.26 Å². The molecule has 3 aromatic rings.